The zero-order chi connectivity index (χ0) is 14.3. The predicted octanol–water partition coefficient (Wildman–Crippen LogP) is 1.23. The number of thiophene rings is 1. The third-order valence-electron chi connectivity index (χ3n) is 2.37. The molecule has 1 rings (SSSR count). The molecule has 0 radical (unpaired) electrons. The van der Waals surface area contributed by atoms with Gasteiger partial charge in [-0.3, -0.25) is 4.79 Å². The number of methoxy groups -OCH3 is 1. The molecule has 0 aliphatic heterocycles. The molecule has 19 heavy (non-hydrogen) atoms. The fraction of sp³-hybridized carbons (Fsp3) is 0.500. The Morgan fingerprint density at radius 2 is 2.26 bits per heavy atom. The van der Waals surface area contributed by atoms with E-state index in [1.807, 2.05) is 0 Å². The fourth-order valence-corrected chi connectivity index (χ4v) is 2.13. The Balaban J connectivity index is 2.64. The molecule has 7 heteroatoms. The minimum Gasteiger partial charge on any atom is -0.462 e. The molecular weight excluding hydrogens is 268 g/mol. The zero-order valence-electron chi connectivity index (χ0n) is 11.0. The molecule has 1 aromatic heterocycles. The van der Waals surface area contributed by atoms with Crippen molar-refractivity contribution in [2.75, 3.05) is 25.6 Å². The number of hydrogen-bond acceptors (Lipinski definition) is 6. The van der Waals surface area contributed by atoms with E-state index in [-0.39, 0.29) is 12.5 Å². The van der Waals surface area contributed by atoms with Crippen LogP contribution < -0.4 is 11.1 Å². The summed E-state index contributed by atoms with van der Waals surface area (Å²) in [6, 6.07) is 0.941. The third-order valence-corrected chi connectivity index (χ3v) is 3.20. The Morgan fingerprint density at radius 3 is 2.89 bits per heavy atom. The minimum atomic E-state index is -0.669. The lowest BCUT2D eigenvalue weighted by Gasteiger charge is -2.11. The first kappa shape index (κ1) is 15.6. The Kier molecular flexibility index (Phi) is 6.48. The van der Waals surface area contributed by atoms with Crippen LogP contribution in [0.15, 0.2) is 11.4 Å². The first-order valence-corrected chi connectivity index (χ1v) is 6.78. The largest absolute Gasteiger partial charge is 0.462 e. The van der Waals surface area contributed by atoms with E-state index in [2.05, 4.69) is 5.32 Å². The summed E-state index contributed by atoms with van der Waals surface area (Å²) in [6.07, 6.45) is 0.419. The monoisotopic (exact) mass is 286 g/mol. The lowest BCUT2D eigenvalue weighted by Crippen LogP contribution is -2.36. The minimum absolute atomic E-state index is 0.287. The molecule has 0 aromatic carbocycles. The van der Waals surface area contributed by atoms with Crippen LogP contribution in [0, 0.1) is 0 Å². The smallest absolute Gasteiger partial charge is 0.341 e. The lowest BCUT2D eigenvalue weighted by molar-refractivity contribution is -0.117. The number of nitrogens with one attached hydrogen (secondary N) is 1. The molecule has 0 aliphatic rings. The van der Waals surface area contributed by atoms with Gasteiger partial charge in [0, 0.05) is 13.7 Å². The highest BCUT2D eigenvalue weighted by molar-refractivity contribution is 7.14. The van der Waals surface area contributed by atoms with Crippen molar-refractivity contribution in [1.82, 2.24) is 0 Å². The van der Waals surface area contributed by atoms with Gasteiger partial charge in [-0.25, -0.2) is 4.79 Å². The summed E-state index contributed by atoms with van der Waals surface area (Å²) in [7, 11) is 1.54. The molecule has 0 saturated heterocycles. The van der Waals surface area contributed by atoms with E-state index < -0.39 is 12.0 Å². The van der Waals surface area contributed by atoms with Crippen LogP contribution in [0.5, 0.6) is 0 Å². The van der Waals surface area contributed by atoms with E-state index in [9.17, 15) is 9.59 Å². The van der Waals surface area contributed by atoms with E-state index >= 15 is 0 Å². The quantitative estimate of drug-likeness (QED) is 0.736. The molecule has 106 valence electrons. The molecule has 6 nitrogen and oxygen atoms in total. The van der Waals surface area contributed by atoms with Crippen molar-refractivity contribution in [2.24, 2.45) is 5.73 Å². The van der Waals surface area contributed by atoms with Crippen LogP contribution in [0.4, 0.5) is 5.00 Å². The highest BCUT2D eigenvalue weighted by Crippen LogP contribution is 2.24. The molecule has 1 atom stereocenters. The summed E-state index contributed by atoms with van der Waals surface area (Å²) in [5, 5.41) is 4.80. The topological polar surface area (TPSA) is 90.7 Å². The number of ether oxygens (including phenoxy) is 2. The van der Waals surface area contributed by atoms with Crippen LogP contribution >= 0.6 is 11.3 Å². The zero-order valence-corrected chi connectivity index (χ0v) is 11.8. The van der Waals surface area contributed by atoms with Gasteiger partial charge in [0.25, 0.3) is 0 Å². The van der Waals surface area contributed by atoms with Gasteiger partial charge in [-0.1, -0.05) is 0 Å². The maximum absolute atomic E-state index is 11.8. The number of esters is 1. The predicted molar refractivity (Wildman–Crippen MR) is 73.4 cm³/mol. The van der Waals surface area contributed by atoms with E-state index in [1.54, 1.807) is 25.5 Å². The first-order valence-electron chi connectivity index (χ1n) is 5.90. The Bertz CT molecular complexity index is 433. The van der Waals surface area contributed by atoms with E-state index in [0.717, 1.165) is 0 Å². The Labute approximate surface area is 115 Å². The standard InChI is InChI=1S/C12H18N2O4S/c1-3-18-12(16)8-5-7-19-11(8)14-10(15)9(13)4-6-17-2/h5,7,9H,3-4,6,13H2,1-2H3,(H,14,15). The molecule has 1 heterocycles. The van der Waals surface area contributed by atoms with Crippen molar-refractivity contribution in [1.29, 1.82) is 0 Å². The van der Waals surface area contributed by atoms with Crippen molar-refractivity contribution >= 4 is 28.2 Å². The number of anilines is 1. The van der Waals surface area contributed by atoms with Gasteiger partial charge in [0.15, 0.2) is 0 Å². The van der Waals surface area contributed by atoms with Gasteiger partial charge >= 0.3 is 5.97 Å². The van der Waals surface area contributed by atoms with Crippen LogP contribution in [0.1, 0.15) is 23.7 Å². The van der Waals surface area contributed by atoms with Gasteiger partial charge in [-0.15, -0.1) is 11.3 Å². The second kappa shape index (κ2) is 7.88. The highest BCUT2D eigenvalue weighted by Gasteiger charge is 2.19. The fourth-order valence-electron chi connectivity index (χ4n) is 1.36. The maximum atomic E-state index is 11.8. The first-order chi connectivity index (χ1) is 9.10. The number of amides is 1. The van der Waals surface area contributed by atoms with E-state index in [4.69, 9.17) is 15.2 Å². The van der Waals surface area contributed by atoms with Crippen LogP contribution in [0.2, 0.25) is 0 Å². The second-order valence-corrected chi connectivity index (χ2v) is 4.68. The molecule has 0 fully saturated rings. The number of carbonyl (C=O) groups is 2. The van der Waals surface area contributed by atoms with Crippen LogP contribution in [0.25, 0.3) is 0 Å². The average Bonchev–Trinajstić information content (AvgIpc) is 2.84. The number of hydrogen-bond donors (Lipinski definition) is 2. The Hall–Kier alpha value is -1.44. The maximum Gasteiger partial charge on any atom is 0.341 e. The Morgan fingerprint density at radius 1 is 1.53 bits per heavy atom. The molecule has 0 saturated carbocycles. The van der Waals surface area contributed by atoms with Crippen molar-refractivity contribution in [2.45, 2.75) is 19.4 Å². The summed E-state index contributed by atoms with van der Waals surface area (Å²) < 4.78 is 9.76. The summed E-state index contributed by atoms with van der Waals surface area (Å²) in [6.45, 7) is 2.42. The molecule has 3 N–H and O–H groups in total. The summed E-state index contributed by atoms with van der Waals surface area (Å²) in [5.74, 6) is -0.797. The summed E-state index contributed by atoms with van der Waals surface area (Å²) >= 11 is 1.25. The van der Waals surface area contributed by atoms with Crippen molar-refractivity contribution in [3.63, 3.8) is 0 Å². The van der Waals surface area contributed by atoms with Gasteiger partial charge < -0.3 is 20.5 Å². The van der Waals surface area contributed by atoms with Crippen LogP contribution in [-0.2, 0) is 14.3 Å². The molecule has 0 bridgehead atoms. The second-order valence-electron chi connectivity index (χ2n) is 3.76. The molecular formula is C12H18N2O4S. The lowest BCUT2D eigenvalue weighted by atomic mass is 10.2. The van der Waals surface area contributed by atoms with Crippen molar-refractivity contribution < 1.29 is 19.1 Å². The number of rotatable bonds is 7. The van der Waals surface area contributed by atoms with Crippen LogP contribution in [0.3, 0.4) is 0 Å². The number of carbonyl (C=O) groups excluding carboxylic acids is 2. The van der Waals surface area contributed by atoms with Gasteiger partial charge in [0.05, 0.1) is 18.2 Å². The number of nitrogens with two attached hydrogens (primary N) is 1. The van der Waals surface area contributed by atoms with Gasteiger partial charge in [-0.05, 0) is 24.8 Å². The van der Waals surface area contributed by atoms with Crippen LogP contribution in [-0.4, -0.2) is 38.2 Å². The molecule has 1 unspecified atom stereocenters. The van der Waals surface area contributed by atoms with Gasteiger partial charge in [0.1, 0.15) is 5.00 Å². The molecule has 0 aliphatic carbocycles. The third kappa shape index (κ3) is 4.62. The summed E-state index contributed by atoms with van der Waals surface area (Å²) in [4.78, 5) is 23.4. The van der Waals surface area contributed by atoms with E-state index in [1.165, 1.54) is 11.3 Å². The SMILES string of the molecule is CCOC(=O)c1ccsc1NC(=O)C(N)CCOC. The summed E-state index contributed by atoms with van der Waals surface area (Å²) in [5.41, 5.74) is 6.05. The van der Waals surface area contributed by atoms with Crippen molar-refractivity contribution in [3.8, 4) is 0 Å². The highest BCUT2D eigenvalue weighted by atomic mass is 32.1. The van der Waals surface area contributed by atoms with Gasteiger partial charge in [0.2, 0.25) is 5.91 Å². The molecule has 0 spiro atoms. The molecule has 1 amide bonds. The van der Waals surface area contributed by atoms with Crippen molar-refractivity contribution in [3.05, 3.63) is 17.0 Å². The average molecular weight is 286 g/mol. The van der Waals surface area contributed by atoms with E-state index in [0.29, 0.717) is 23.6 Å². The molecule has 1 aromatic rings. The normalized spacial score (nSPS) is 11.9. The van der Waals surface area contributed by atoms with Gasteiger partial charge in [-0.2, -0.15) is 0 Å².